The van der Waals surface area contributed by atoms with Gasteiger partial charge in [-0.2, -0.15) is 0 Å². The highest BCUT2D eigenvalue weighted by Gasteiger charge is 2.15. The second-order valence-electron chi connectivity index (χ2n) is 5.21. The molecule has 1 N–H and O–H groups in total. The standard InChI is InChI=1S/C16H15N5O3/c22-16(11-12-5-1-2-6-13(12)21(23)24)17-9-8-15-19-18-14-7-3-4-10-20(14)15/h1-7,10H,8-9,11H2,(H,17,22). The van der Waals surface area contributed by atoms with Crippen molar-refractivity contribution in [2.24, 2.45) is 0 Å². The molecule has 0 fully saturated rings. The summed E-state index contributed by atoms with van der Waals surface area (Å²) in [6.45, 7) is 0.384. The maximum absolute atomic E-state index is 12.0. The number of amides is 1. The molecule has 2 heterocycles. The van der Waals surface area contributed by atoms with Gasteiger partial charge in [0.2, 0.25) is 5.91 Å². The van der Waals surface area contributed by atoms with E-state index in [1.54, 1.807) is 18.2 Å². The molecule has 0 radical (unpaired) electrons. The molecule has 3 aromatic rings. The van der Waals surface area contributed by atoms with E-state index in [1.165, 1.54) is 6.07 Å². The predicted octanol–water partition coefficient (Wildman–Crippen LogP) is 1.54. The minimum absolute atomic E-state index is 0.0300. The van der Waals surface area contributed by atoms with Gasteiger partial charge in [-0.05, 0) is 12.1 Å². The van der Waals surface area contributed by atoms with Gasteiger partial charge < -0.3 is 5.32 Å². The third kappa shape index (κ3) is 3.37. The molecule has 0 aliphatic carbocycles. The zero-order valence-corrected chi connectivity index (χ0v) is 12.8. The smallest absolute Gasteiger partial charge is 0.273 e. The molecule has 0 bridgehead atoms. The normalized spacial score (nSPS) is 10.7. The fourth-order valence-corrected chi connectivity index (χ4v) is 2.45. The minimum atomic E-state index is -0.481. The second kappa shape index (κ2) is 6.86. The lowest BCUT2D eigenvalue weighted by molar-refractivity contribution is -0.385. The van der Waals surface area contributed by atoms with Crippen molar-refractivity contribution in [2.75, 3.05) is 6.54 Å². The van der Waals surface area contributed by atoms with Crippen LogP contribution >= 0.6 is 0 Å². The number of aromatic nitrogens is 3. The van der Waals surface area contributed by atoms with Crippen molar-refractivity contribution in [3.8, 4) is 0 Å². The quantitative estimate of drug-likeness (QED) is 0.547. The Balaban J connectivity index is 1.58. The first-order valence-electron chi connectivity index (χ1n) is 7.43. The fraction of sp³-hybridized carbons (Fsp3) is 0.188. The van der Waals surface area contributed by atoms with E-state index >= 15 is 0 Å². The van der Waals surface area contributed by atoms with Crippen LogP contribution in [0.4, 0.5) is 5.69 Å². The van der Waals surface area contributed by atoms with Crippen LogP contribution < -0.4 is 5.32 Å². The van der Waals surface area contributed by atoms with Gasteiger partial charge in [-0.25, -0.2) is 0 Å². The Hall–Kier alpha value is -3.29. The van der Waals surface area contributed by atoms with E-state index in [0.29, 0.717) is 18.5 Å². The van der Waals surface area contributed by atoms with Gasteiger partial charge in [0.25, 0.3) is 5.69 Å². The van der Waals surface area contributed by atoms with Crippen LogP contribution in [0.2, 0.25) is 0 Å². The van der Waals surface area contributed by atoms with Crippen molar-refractivity contribution >= 4 is 17.2 Å². The number of rotatable bonds is 6. The summed E-state index contributed by atoms with van der Waals surface area (Å²) in [7, 11) is 0. The first-order valence-corrected chi connectivity index (χ1v) is 7.43. The molecule has 0 aliphatic rings. The molecule has 0 unspecified atom stereocenters. The molecule has 3 rings (SSSR count). The molecule has 0 atom stereocenters. The number of benzene rings is 1. The summed E-state index contributed by atoms with van der Waals surface area (Å²) >= 11 is 0. The fourth-order valence-electron chi connectivity index (χ4n) is 2.45. The van der Waals surface area contributed by atoms with Gasteiger partial charge in [0.1, 0.15) is 5.82 Å². The average molecular weight is 325 g/mol. The Morgan fingerprint density at radius 2 is 1.96 bits per heavy atom. The van der Waals surface area contributed by atoms with Crippen LogP contribution in [0.15, 0.2) is 48.7 Å². The lowest BCUT2D eigenvalue weighted by Gasteiger charge is -2.05. The van der Waals surface area contributed by atoms with E-state index in [1.807, 2.05) is 28.8 Å². The zero-order chi connectivity index (χ0) is 16.9. The lowest BCUT2D eigenvalue weighted by atomic mass is 10.1. The highest BCUT2D eigenvalue weighted by molar-refractivity contribution is 5.79. The van der Waals surface area contributed by atoms with Crippen molar-refractivity contribution in [1.82, 2.24) is 19.9 Å². The van der Waals surface area contributed by atoms with Gasteiger partial charge in [-0.1, -0.05) is 24.3 Å². The van der Waals surface area contributed by atoms with Crippen LogP contribution in [-0.2, 0) is 17.6 Å². The van der Waals surface area contributed by atoms with E-state index in [9.17, 15) is 14.9 Å². The van der Waals surface area contributed by atoms with Crippen LogP contribution in [-0.4, -0.2) is 32.0 Å². The summed E-state index contributed by atoms with van der Waals surface area (Å²) in [6, 6.07) is 11.8. The average Bonchev–Trinajstić information content (AvgIpc) is 2.98. The number of nitro benzene ring substituents is 1. The molecule has 24 heavy (non-hydrogen) atoms. The van der Waals surface area contributed by atoms with E-state index in [4.69, 9.17) is 0 Å². The van der Waals surface area contributed by atoms with Gasteiger partial charge in [-0.3, -0.25) is 19.3 Å². The number of carbonyl (C=O) groups excluding carboxylic acids is 1. The number of para-hydroxylation sites is 1. The molecular weight excluding hydrogens is 310 g/mol. The Morgan fingerprint density at radius 3 is 2.79 bits per heavy atom. The summed E-state index contributed by atoms with van der Waals surface area (Å²) in [5, 5.41) is 21.8. The summed E-state index contributed by atoms with van der Waals surface area (Å²) < 4.78 is 1.86. The zero-order valence-electron chi connectivity index (χ0n) is 12.8. The van der Waals surface area contributed by atoms with Crippen molar-refractivity contribution in [1.29, 1.82) is 0 Å². The number of hydrogen-bond acceptors (Lipinski definition) is 5. The number of pyridine rings is 1. The maximum atomic E-state index is 12.0. The van der Waals surface area contributed by atoms with E-state index < -0.39 is 4.92 Å². The molecule has 1 amide bonds. The number of fused-ring (bicyclic) bond motifs is 1. The molecule has 0 aliphatic heterocycles. The predicted molar refractivity (Wildman–Crippen MR) is 86.5 cm³/mol. The highest BCUT2D eigenvalue weighted by atomic mass is 16.6. The van der Waals surface area contributed by atoms with Gasteiger partial charge in [-0.15, -0.1) is 10.2 Å². The first-order chi connectivity index (χ1) is 11.6. The second-order valence-corrected chi connectivity index (χ2v) is 5.21. The first kappa shape index (κ1) is 15.6. The third-order valence-electron chi connectivity index (χ3n) is 3.59. The van der Waals surface area contributed by atoms with Crippen LogP contribution in [0, 0.1) is 10.1 Å². The molecule has 0 saturated carbocycles. The summed E-state index contributed by atoms with van der Waals surface area (Å²) in [4.78, 5) is 22.5. The molecule has 0 saturated heterocycles. The summed E-state index contributed by atoms with van der Waals surface area (Å²) in [6.07, 6.45) is 2.35. The lowest BCUT2D eigenvalue weighted by Crippen LogP contribution is -2.27. The van der Waals surface area contributed by atoms with Crippen molar-refractivity contribution < 1.29 is 9.72 Å². The van der Waals surface area contributed by atoms with Crippen LogP contribution in [0.3, 0.4) is 0 Å². The largest absolute Gasteiger partial charge is 0.355 e. The van der Waals surface area contributed by atoms with E-state index in [0.717, 1.165) is 11.5 Å². The van der Waals surface area contributed by atoms with Gasteiger partial charge >= 0.3 is 0 Å². The topological polar surface area (TPSA) is 102 Å². The maximum Gasteiger partial charge on any atom is 0.273 e. The highest BCUT2D eigenvalue weighted by Crippen LogP contribution is 2.17. The van der Waals surface area contributed by atoms with Gasteiger partial charge in [0, 0.05) is 30.8 Å². The third-order valence-corrected chi connectivity index (χ3v) is 3.59. The molecular formula is C16H15N5O3. The summed E-state index contributed by atoms with van der Waals surface area (Å²) in [5.41, 5.74) is 1.10. The molecule has 122 valence electrons. The minimum Gasteiger partial charge on any atom is -0.355 e. The number of nitrogens with zero attached hydrogens (tertiary/aromatic N) is 4. The Bertz CT molecular complexity index is 890. The van der Waals surface area contributed by atoms with Crippen LogP contribution in [0.1, 0.15) is 11.4 Å². The van der Waals surface area contributed by atoms with Crippen LogP contribution in [0.5, 0.6) is 0 Å². The number of hydrogen-bond donors (Lipinski definition) is 1. The summed E-state index contributed by atoms with van der Waals surface area (Å²) in [5.74, 6) is 0.481. The van der Waals surface area contributed by atoms with Gasteiger partial charge in [0.05, 0.1) is 11.3 Å². The van der Waals surface area contributed by atoms with E-state index in [2.05, 4.69) is 15.5 Å². The molecule has 8 heteroatoms. The van der Waals surface area contributed by atoms with Crippen LogP contribution in [0.25, 0.3) is 5.65 Å². The van der Waals surface area contributed by atoms with E-state index in [-0.39, 0.29) is 18.0 Å². The van der Waals surface area contributed by atoms with Crippen molar-refractivity contribution in [2.45, 2.75) is 12.8 Å². The van der Waals surface area contributed by atoms with Crippen molar-refractivity contribution in [3.63, 3.8) is 0 Å². The monoisotopic (exact) mass is 325 g/mol. The number of nitro groups is 1. The molecule has 2 aromatic heterocycles. The Labute approximate surface area is 137 Å². The molecule has 1 aromatic carbocycles. The molecule has 8 nitrogen and oxygen atoms in total. The van der Waals surface area contributed by atoms with Gasteiger partial charge in [0.15, 0.2) is 5.65 Å². The Kier molecular flexibility index (Phi) is 4.46. The number of nitrogens with one attached hydrogen (secondary N) is 1. The number of carbonyl (C=O) groups is 1. The van der Waals surface area contributed by atoms with Crippen molar-refractivity contribution in [3.05, 3.63) is 70.2 Å². The molecule has 0 spiro atoms. The Morgan fingerprint density at radius 1 is 1.17 bits per heavy atom. The SMILES string of the molecule is O=C(Cc1ccccc1[N+](=O)[O-])NCCc1nnc2ccccn12.